The monoisotopic (exact) mass is 266 g/mol. The van der Waals surface area contributed by atoms with Gasteiger partial charge in [-0.1, -0.05) is 12.1 Å². The maximum Gasteiger partial charge on any atom is 0.226 e. The van der Waals surface area contributed by atoms with Crippen molar-refractivity contribution in [3.8, 4) is 0 Å². The van der Waals surface area contributed by atoms with Crippen molar-refractivity contribution in [2.75, 3.05) is 44.6 Å². The molecule has 0 spiro atoms. The van der Waals surface area contributed by atoms with E-state index in [1.54, 1.807) is 13.0 Å². The van der Waals surface area contributed by atoms with E-state index in [0.717, 1.165) is 39.3 Å². The minimum absolute atomic E-state index is 0.00813. The van der Waals surface area contributed by atoms with Gasteiger partial charge in [0, 0.05) is 45.2 Å². The summed E-state index contributed by atoms with van der Waals surface area (Å²) < 4.78 is 4.90. The Morgan fingerprint density at radius 3 is 2.63 bits per heavy atom. The molecule has 0 radical (unpaired) electrons. The molecular formula is C13H22N4O2. The van der Waals surface area contributed by atoms with E-state index < -0.39 is 0 Å². The summed E-state index contributed by atoms with van der Waals surface area (Å²) in [6.45, 7) is 10.2. The molecule has 0 aromatic carbocycles. The lowest BCUT2D eigenvalue weighted by molar-refractivity contribution is -0.116. The van der Waals surface area contributed by atoms with Gasteiger partial charge in [0.15, 0.2) is 5.82 Å². The lowest BCUT2D eigenvalue weighted by atomic mass is 10.3. The van der Waals surface area contributed by atoms with Crippen LogP contribution in [0.25, 0.3) is 0 Å². The van der Waals surface area contributed by atoms with Gasteiger partial charge in [0.2, 0.25) is 5.91 Å². The van der Waals surface area contributed by atoms with Gasteiger partial charge in [0.25, 0.3) is 0 Å². The van der Waals surface area contributed by atoms with Gasteiger partial charge in [0.05, 0.1) is 0 Å². The van der Waals surface area contributed by atoms with Crippen LogP contribution in [-0.2, 0) is 4.79 Å². The zero-order valence-corrected chi connectivity index (χ0v) is 11.7. The van der Waals surface area contributed by atoms with Crippen molar-refractivity contribution in [3.05, 3.63) is 11.8 Å². The molecule has 6 heteroatoms. The van der Waals surface area contributed by atoms with Crippen molar-refractivity contribution in [2.24, 2.45) is 0 Å². The van der Waals surface area contributed by atoms with E-state index >= 15 is 0 Å². The molecule has 1 saturated heterocycles. The summed E-state index contributed by atoms with van der Waals surface area (Å²) >= 11 is 0. The Balaban J connectivity index is 1.67. The molecule has 1 fully saturated rings. The van der Waals surface area contributed by atoms with Gasteiger partial charge < -0.3 is 19.6 Å². The largest absolute Gasteiger partial charge is 0.360 e. The van der Waals surface area contributed by atoms with Crippen LogP contribution in [0.4, 0.5) is 5.82 Å². The maximum atomic E-state index is 11.8. The Hall–Kier alpha value is -1.40. The third kappa shape index (κ3) is 4.33. The molecule has 2 heterocycles. The Morgan fingerprint density at radius 2 is 2.05 bits per heavy atom. The molecular weight excluding hydrogens is 244 g/mol. The van der Waals surface area contributed by atoms with Crippen LogP contribution in [-0.4, -0.2) is 60.1 Å². The second-order valence-corrected chi connectivity index (χ2v) is 4.90. The summed E-state index contributed by atoms with van der Waals surface area (Å²) in [5.41, 5.74) is 0. The van der Waals surface area contributed by atoms with Crippen LogP contribution in [0, 0.1) is 6.92 Å². The fourth-order valence-electron chi connectivity index (χ4n) is 2.22. The van der Waals surface area contributed by atoms with E-state index in [-0.39, 0.29) is 5.91 Å². The number of rotatable bonds is 5. The van der Waals surface area contributed by atoms with Crippen molar-refractivity contribution in [2.45, 2.75) is 20.3 Å². The number of carbonyl (C=O) groups is 1. The molecule has 0 bridgehead atoms. The highest BCUT2D eigenvalue weighted by Crippen LogP contribution is 2.08. The third-order valence-electron chi connectivity index (χ3n) is 3.46. The molecule has 1 N–H and O–H groups in total. The lowest BCUT2D eigenvalue weighted by Gasteiger charge is -2.33. The second-order valence-electron chi connectivity index (χ2n) is 4.90. The zero-order valence-electron chi connectivity index (χ0n) is 11.7. The summed E-state index contributed by atoms with van der Waals surface area (Å²) in [4.78, 5) is 16.5. The van der Waals surface area contributed by atoms with Gasteiger partial charge in [-0.15, -0.1) is 0 Å². The molecule has 6 nitrogen and oxygen atoms in total. The number of aryl methyl sites for hydroxylation is 1. The highest BCUT2D eigenvalue weighted by Gasteiger charge is 2.16. The quantitative estimate of drug-likeness (QED) is 0.859. The van der Waals surface area contributed by atoms with Crippen molar-refractivity contribution < 1.29 is 9.32 Å². The number of nitrogens with one attached hydrogen (secondary N) is 1. The van der Waals surface area contributed by atoms with Crippen LogP contribution in [0.2, 0.25) is 0 Å². The first-order valence-corrected chi connectivity index (χ1v) is 6.85. The smallest absolute Gasteiger partial charge is 0.226 e. The third-order valence-corrected chi connectivity index (χ3v) is 3.46. The number of anilines is 1. The highest BCUT2D eigenvalue weighted by molar-refractivity contribution is 5.89. The first-order valence-electron chi connectivity index (χ1n) is 6.85. The topological polar surface area (TPSA) is 61.6 Å². The predicted molar refractivity (Wildman–Crippen MR) is 73.0 cm³/mol. The van der Waals surface area contributed by atoms with E-state index in [4.69, 9.17) is 4.52 Å². The van der Waals surface area contributed by atoms with Gasteiger partial charge in [0.1, 0.15) is 5.76 Å². The molecule has 1 amide bonds. The molecule has 106 valence electrons. The Morgan fingerprint density at radius 1 is 1.37 bits per heavy atom. The van der Waals surface area contributed by atoms with Gasteiger partial charge in [-0.25, -0.2) is 0 Å². The Labute approximate surface area is 113 Å². The van der Waals surface area contributed by atoms with Crippen LogP contribution in [0.1, 0.15) is 19.1 Å². The second kappa shape index (κ2) is 6.68. The fraction of sp³-hybridized carbons (Fsp3) is 0.692. The highest BCUT2D eigenvalue weighted by atomic mass is 16.5. The van der Waals surface area contributed by atoms with Crippen LogP contribution in [0.15, 0.2) is 10.6 Å². The molecule has 1 aromatic heterocycles. The summed E-state index contributed by atoms with van der Waals surface area (Å²) in [6.07, 6.45) is 0.498. The number of hydrogen-bond acceptors (Lipinski definition) is 5. The van der Waals surface area contributed by atoms with Gasteiger partial charge >= 0.3 is 0 Å². The van der Waals surface area contributed by atoms with Gasteiger partial charge in [-0.05, 0) is 13.5 Å². The number of piperazine rings is 1. The Bertz CT molecular complexity index is 411. The van der Waals surface area contributed by atoms with E-state index in [0.29, 0.717) is 18.0 Å². The lowest BCUT2D eigenvalue weighted by Crippen LogP contribution is -2.46. The summed E-state index contributed by atoms with van der Waals surface area (Å²) in [7, 11) is 0. The molecule has 1 aliphatic heterocycles. The maximum absolute atomic E-state index is 11.8. The summed E-state index contributed by atoms with van der Waals surface area (Å²) in [6, 6.07) is 1.72. The van der Waals surface area contributed by atoms with Gasteiger partial charge in [-0.2, -0.15) is 0 Å². The minimum atomic E-state index is -0.00813. The molecule has 1 aliphatic rings. The van der Waals surface area contributed by atoms with Gasteiger partial charge in [-0.3, -0.25) is 4.79 Å². The normalized spacial score (nSPS) is 17.6. The standard InChI is InChI=1S/C13H22N4O2/c1-3-16-6-8-17(9-7-16)5-4-13(18)14-12-10-11(2)19-15-12/h10H,3-9H2,1-2H3,(H,14,15,18). The fourth-order valence-corrected chi connectivity index (χ4v) is 2.22. The van der Waals surface area contributed by atoms with Crippen LogP contribution >= 0.6 is 0 Å². The first-order chi connectivity index (χ1) is 9.17. The molecule has 0 unspecified atom stereocenters. The molecule has 0 atom stereocenters. The first kappa shape index (κ1) is 14.0. The van der Waals surface area contributed by atoms with Crippen molar-refractivity contribution >= 4 is 11.7 Å². The molecule has 0 aliphatic carbocycles. The van der Waals surface area contributed by atoms with Crippen molar-refractivity contribution in [1.82, 2.24) is 15.0 Å². The van der Waals surface area contributed by atoms with Crippen LogP contribution in [0.5, 0.6) is 0 Å². The van der Waals surface area contributed by atoms with E-state index in [9.17, 15) is 4.79 Å². The number of amides is 1. The zero-order chi connectivity index (χ0) is 13.7. The van der Waals surface area contributed by atoms with Crippen molar-refractivity contribution in [3.63, 3.8) is 0 Å². The van der Waals surface area contributed by atoms with E-state index in [1.807, 2.05) is 0 Å². The SMILES string of the molecule is CCN1CCN(CCC(=O)Nc2cc(C)on2)CC1. The number of carbonyl (C=O) groups excluding carboxylic acids is 1. The minimum Gasteiger partial charge on any atom is -0.360 e. The van der Waals surface area contributed by atoms with E-state index in [1.165, 1.54) is 0 Å². The number of aromatic nitrogens is 1. The summed E-state index contributed by atoms with van der Waals surface area (Å²) in [5, 5.41) is 6.49. The van der Waals surface area contributed by atoms with Crippen LogP contribution in [0.3, 0.4) is 0 Å². The molecule has 1 aromatic rings. The Kier molecular flexibility index (Phi) is 4.93. The average molecular weight is 266 g/mol. The number of hydrogen-bond donors (Lipinski definition) is 1. The molecule has 2 rings (SSSR count). The average Bonchev–Trinajstić information content (AvgIpc) is 2.82. The summed E-state index contributed by atoms with van der Waals surface area (Å²) in [5.74, 6) is 1.19. The number of likely N-dealkylation sites (N-methyl/N-ethyl adjacent to an activating group) is 1. The van der Waals surface area contributed by atoms with Crippen LogP contribution < -0.4 is 5.32 Å². The number of nitrogens with zero attached hydrogens (tertiary/aromatic N) is 3. The molecule has 0 saturated carbocycles. The van der Waals surface area contributed by atoms with E-state index in [2.05, 4.69) is 27.2 Å². The predicted octanol–water partition coefficient (Wildman–Crippen LogP) is 0.949. The molecule has 19 heavy (non-hydrogen) atoms. The van der Waals surface area contributed by atoms with Crippen molar-refractivity contribution in [1.29, 1.82) is 0 Å².